The Kier molecular flexibility index (Phi) is 4.16. The van der Waals surface area contributed by atoms with Crippen molar-refractivity contribution in [3.05, 3.63) is 34.9 Å². The second-order valence-corrected chi connectivity index (χ2v) is 6.77. The van der Waals surface area contributed by atoms with Crippen molar-refractivity contribution in [1.82, 2.24) is 9.80 Å². The zero-order valence-corrected chi connectivity index (χ0v) is 14.6. The molecule has 1 atom stereocenters. The van der Waals surface area contributed by atoms with Gasteiger partial charge in [-0.3, -0.25) is 9.69 Å². The maximum absolute atomic E-state index is 12.3. The summed E-state index contributed by atoms with van der Waals surface area (Å²) in [5.41, 5.74) is 1.08. The molecule has 0 radical (unpaired) electrons. The summed E-state index contributed by atoms with van der Waals surface area (Å²) in [6, 6.07) is 6.63. The molecule has 23 heavy (non-hydrogen) atoms. The molecule has 0 saturated carbocycles. The quantitative estimate of drug-likeness (QED) is 0.764. The lowest BCUT2D eigenvalue weighted by atomic mass is 10.2. The average molecular weight is 352 g/mol. The van der Waals surface area contributed by atoms with Gasteiger partial charge in [-0.25, -0.2) is 14.3 Å². The normalized spacial score (nSPS) is 21.0. The van der Waals surface area contributed by atoms with Gasteiger partial charge in [-0.2, -0.15) is 0 Å². The van der Waals surface area contributed by atoms with E-state index < -0.39 is 6.04 Å². The first-order chi connectivity index (χ1) is 10.9. The molecule has 0 aliphatic carbocycles. The van der Waals surface area contributed by atoms with Gasteiger partial charge in [0.15, 0.2) is 0 Å². The van der Waals surface area contributed by atoms with Crippen LogP contribution in [0.15, 0.2) is 29.3 Å². The monoisotopic (exact) mass is 351 g/mol. The number of thioether (sulfide) groups is 1. The summed E-state index contributed by atoms with van der Waals surface area (Å²) in [5, 5.41) is 1.41. The van der Waals surface area contributed by atoms with Crippen LogP contribution < -0.4 is 0 Å². The number of amidine groups is 2. The number of hydrogen-bond acceptors (Lipinski definition) is 4. The number of likely N-dealkylation sites (N-methyl/N-ethyl adjacent to an activating group) is 2. The zero-order valence-electron chi connectivity index (χ0n) is 13.0. The van der Waals surface area contributed by atoms with Crippen LogP contribution in [0.5, 0.6) is 0 Å². The lowest BCUT2D eigenvalue weighted by Gasteiger charge is -2.27. The molecule has 3 rings (SSSR count). The molecule has 1 aromatic carbocycles. The SMILES string of the molecule is CN1C(=O)C2N=C(SCc3cccc(Cl)c3)[N+](C)=C2N(C)C1=O. The fourth-order valence-electron chi connectivity index (χ4n) is 2.62. The molecular weight excluding hydrogens is 336 g/mol. The van der Waals surface area contributed by atoms with Gasteiger partial charge in [0.2, 0.25) is 0 Å². The number of benzene rings is 1. The van der Waals surface area contributed by atoms with E-state index in [0.29, 0.717) is 21.8 Å². The molecule has 3 amide bonds. The Morgan fingerprint density at radius 3 is 2.74 bits per heavy atom. The third-order valence-electron chi connectivity index (χ3n) is 3.85. The Labute approximate surface area is 143 Å². The first-order valence-electron chi connectivity index (χ1n) is 7.01. The average Bonchev–Trinajstić information content (AvgIpc) is 2.86. The van der Waals surface area contributed by atoms with Crippen molar-refractivity contribution >= 4 is 46.3 Å². The standard InChI is InChI=1S/C15H16ClN4O2S/c1-18-12-11(13(21)20(3)15(22)19(12)2)17-14(18)23-8-9-5-4-6-10(16)7-9/h4-7,11H,8H2,1-3H3/q+1. The van der Waals surface area contributed by atoms with Gasteiger partial charge in [-0.15, -0.1) is 4.99 Å². The van der Waals surface area contributed by atoms with Gasteiger partial charge < -0.3 is 0 Å². The molecule has 2 aliphatic rings. The Bertz CT molecular complexity index is 762. The van der Waals surface area contributed by atoms with Gasteiger partial charge in [0, 0.05) is 17.8 Å². The summed E-state index contributed by atoms with van der Waals surface area (Å²) in [4.78, 5) is 31.4. The highest BCUT2D eigenvalue weighted by Gasteiger charge is 2.51. The van der Waals surface area contributed by atoms with Crippen LogP contribution in [0.1, 0.15) is 5.56 Å². The van der Waals surface area contributed by atoms with E-state index in [1.807, 2.05) is 35.9 Å². The predicted molar refractivity (Wildman–Crippen MR) is 91.1 cm³/mol. The van der Waals surface area contributed by atoms with Gasteiger partial charge in [-0.05, 0) is 29.5 Å². The molecular formula is C15H16ClN4O2S+. The predicted octanol–water partition coefficient (Wildman–Crippen LogP) is 1.88. The highest BCUT2D eigenvalue weighted by molar-refractivity contribution is 8.12. The maximum atomic E-state index is 12.3. The largest absolute Gasteiger partial charge is 0.388 e. The van der Waals surface area contributed by atoms with E-state index in [1.54, 1.807) is 7.05 Å². The lowest BCUT2D eigenvalue weighted by molar-refractivity contribution is -0.367. The van der Waals surface area contributed by atoms with Gasteiger partial charge in [-0.1, -0.05) is 23.7 Å². The fraction of sp³-hybridized carbons (Fsp3) is 0.333. The Hall–Kier alpha value is -1.86. The van der Waals surface area contributed by atoms with E-state index in [9.17, 15) is 9.59 Å². The van der Waals surface area contributed by atoms with Gasteiger partial charge >= 0.3 is 6.03 Å². The van der Waals surface area contributed by atoms with Crippen LogP contribution in [0.3, 0.4) is 0 Å². The van der Waals surface area contributed by atoms with Crippen molar-refractivity contribution in [2.45, 2.75) is 11.8 Å². The molecule has 0 N–H and O–H groups in total. The maximum Gasteiger partial charge on any atom is 0.388 e. The first kappa shape index (κ1) is 16.0. The second-order valence-electron chi connectivity index (χ2n) is 5.39. The van der Waals surface area contributed by atoms with Crippen LogP contribution in [-0.2, 0) is 10.5 Å². The molecule has 2 heterocycles. The van der Waals surface area contributed by atoms with Crippen molar-refractivity contribution in [3.8, 4) is 0 Å². The number of carbonyl (C=O) groups excluding carboxylic acids is 2. The number of imide groups is 1. The number of halogens is 1. The minimum absolute atomic E-state index is 0.298. The number of nitrogens with zero attached hydrogens (tertiary/aromatic N) is 4. The first-order valence-corrected chi connectivity index (χ1v) is 8.37. The summed E-state index contributed by atoms with van der Waals surface area (Å²) < 4.78 is 1.81. The number of amides is 3. The Morgan fingerprint density at radius 1 is 1.30 bits per heavy atom. The number of fused-ring (bicyclic) bond motifs is 1. The Morgan fingerprint density at radius 2 is 2.04 bits per heavy atom. The third-order valence-corrected chi connectivity index (χ3v) is 5.20. The summed E-state index contributed by atoms with van der Waals surface area (Å²) in [7, 11) is 4.95. The molecule has 8 heteroatoms. The summed E-state index contributed by atoms with van der Waals surface area (Å²) in [6.07, 6.45) is 0. The molecule has 0 aromatic heterocycles. The Balaban J connectivity index is 1.83. The van der Waals surface area contributed by atoms with Crippen molar-refractivity contribution in [3.63, 3.8) is 0 Å². The summed E-state index contributed by atoms with van der Waals surface area (Å²) in [6.45, 7) is 0. The summed E-state index contributed by atoms with van der Waals surface area (Å²) >= 11 is 7.50. The van der Waals surface area contributed by atoms with Crippen molar-refractivity contribution in [1.29, 1.82) is 0 Å². The topological polar surface area (TPSA) is 56.0 Å². The molecule has 0 bridgehead atoms. The van der Waals surface area contributed by atoms with E-state index in [-0.39, 0.29) is 11.9 Å². The number of urea groups is 1. The van der Waals surface area contributed by atoms with E-state index in [2.05, 4.69) is 4.99 Å². The van der Waals surface area contributed by atoms with Crippen molar-refractivity contribution in [2.24, 2.45) is 4.99 Å². The lowest BCUT2D eigenvalue weighted by Crippen LogP contribution is -2.59. The molecule has 0 spiro atoms. The molecule has 1 fully saturated rings. The van der Waals surface area contributed by atoms with Crippen LogP contribution in [-0.4, -0.2) is 64.5 Å². The van der Waals surface area contributed by atoms with E-state index in [1.165, 1.54) is 23.7 Å². The van der Waals surface area contributed by atoms with Gasteiger partial charge in [0.1, 0.15) is 0 Å². The van der Waals surface area contributed by atoms with Crippen LogP contribution in [0.4, 0.5) is 4.79 Å². The van der Waals surface area contributed by atoms with E-state index in [0.717, 1.165) is 10.5 Å². The van der Waals surface area contributed by atoms with Crippen LogP contribution >= 0.6 is 23.4 Å². The minimum atomic E-state index is -0.644. The molecule has 6 nitrogen and oxygen atoms in total. The van der Waals surface area contributed by atoms with Gasteiger partial charge in [0.25, 0.3) is 23.0 Å². The minimum Gasteiger partial charge on any atom is -0.269 e. The molecule has 1 saturated heterocycles. The number of carbonyl (C=O) groups is 2. The van der Waals surface area contributed by atoms with Crippen LogP contribution in [0.2, 0.25) is 5.02 Å². The zero-order chi connectivity index (χ0) is 16.7. The highest BCUT2D eigenvalue weighted by Crippen LogP contribution is 2.24. The number of rotatable bonds is 2. The number of hydrogen-bond donors (Lipinski definition) is 0. The molecule has 1 aromatic rings. The van der Waals surface area contributed by atoms with Crippen LogP contribution in [0, 0.1) is 0 Å². The third kappa shape index (κ3) is 2.74. The van der Waals surface area contributed by atoms with Crippen molar-refractivity contribution in [2.75, 3.05) is 21.1 Å². The summed E-state index contributed by atoms with van der Waals surface area (Å²) in [5.74, 6) is 0.991. The van der Waals surface area contributed by atoms with E-state index in [4.69, 9.17) is 11.6 Å². The highest BCUT2D eigenvalue weighted by atomic mass is 35.5. The van der Waals surface area contributed by atoms with E-state index >= 15 is 0 Å². The molecule has 2 aliphatic heterocycles. The smallest absolute Gasteiger partial charge is 0.269 e. The van der Waals surface area contributed by atoms with Crippen LogP contribution in [0.25, 0.3) is 0 Å². The fourth-order valence-corrected chi connectivity index (χ4v) is 3.78. The van der Waals surface area contributed by atoms with Crippen molar-refractivity contribution < 1.29 is 14.2 Å². The number of aliphatic imine (C=N–C) groups is 1. The molecule has 120 valence electrons. The van der Waals surface area contributed by atoms with Gasteiger partial charge in [0.05, 0.1) is 14.1 Å². The molecule has 1 unspecified atom stereocenters. The second kappa shape index (κ2) is 5.98.